The maximum Gasteiger partial charge on any atom is 0.258 e. The number of halogens is 1. The zero-order valence-electron chi connectivity index (χ0n) is 18.6. The zero-order chi connectivity index (χ0) is 22.7. The molecule has 4 rings (SSSR count). The van der Waals surface area contributed by atoms with Gasteiger partial charge in [0.05, 0.1) is 11.6 Å². The fraction of sp³-hybridized carbons (Fsp3) is 0.320. The lowest BCUT2D eigenvalue weighted by molar-refractivity contribution is 0.395. The van der Waals surface area contributed by atoms with Crippen molar-refractivity contribution in [3.8, 4) is 11.4 Å². The molecule has 1 N–H and O–H groups in total. The number of allylic oxidation sites excluding steroid dienone is 1. The summed E-state index contributed by atoms with van der Waals surface area (Å²) in [6, 6.07) is 15.7. The molecule has 1 unspecified atom stereocenters. The Balaban J connectivity index is 1.76. The van der Waals surface area contributed by atoms with Gasteiger partial charge in [0.2, 0.25) is 5.82 Å². The Kier molecular flexibility index (Phi) is 6.92. The first-order valence-electron chi connectivity index (χ1n) is 10.9. The molecule has 166 valence electrons. The lowest BCUT2D eigenvalue weighted by Crippen LogP contribution is -2.46. The number of hydrogen-bond donors (Lipinski definition) is 1. The van der Waals surface area contributed by atoms with E-state index in [1.54, 1.807) is 0 Å². The van der Waals surface area contributed by atoms with Crippen LogP contribution in [-0.4, -0.2) is 26.7 Å². The number of thiocarbonyl (C=S) groups is 1. The Morgan fingerprint density at radius 3 is 2.47 bits per heavy atom. The first-order chi connectivity index (χ1) is 15.5. The molecule has 3 aromatic rings. The van der Waals surface area contributed by atoms with Crippen LogP contribution in [0.4, 0.5) is 0 Å². The van der Waals surface area contributed by atoms with Crippen LogP contribution < -0.4 is 5.32 Å². The summed E-state index contributed by atoms with van der Waals surface area (Å²) in [6.45, 7) is 7.18. The number of hydrogen-bond acceptors (Lipinski definition) is 4. The highest BCUT2D eigenvalue weighted by Crippen LogP contribution is 2.37. The minimum atomic E-state index is -0.200. The molecule has 0 amide bonds. The van der Waals surface area contributed by atoms with Crippen molar-refractivity contribution in [1.29, 1.82) is 0 Å². The van der Waals surface area contributed by atoms with E-state index < -0.39 is 0 Å². The average Bonchev–Trinajstić information content (AvgIpc) is 3.26. The molecule has 0 spiro atoms. The van der Waals surface area contributed by atoms with Gasteiger partial charge in [0, 0.05) is 22.8 Å². The average molecular weight is 467 g/mol. The summed E-state index contributed by atoms with van der Waals surface area (Å²) in [5.41, 5.74) is 5.11. The van der Waals surface area contributed by atoms with Crippen LogP contribution in [0.2, 0.25) is 5.02 Å². The van der Waals surface area contributed by atoms with Crippen molar-refractivity contribution in [2.45, 2.75) is 46.1 Å². The number of benzene rings is 2. The monoisotopic (exact) mass is 466 g/mol. The third-order valence-electron chi connectivity index (χ3n) is 5.75. The Morgan fingerprint density at radius 1 is 1.06 bits per heavy atom. The lowest BCUT2D eigenvalue weighted by Gasteiger charge is -2.37. The van der Waals surface area contributed by atoms with Gasteiger partial charge in [-0.2, -0.15) is 4.98 Å². The first-order valence-corrected chi connectivity index (χ1v) is 11.7. The molecule has 1 atom stereocenters. The molecule has 2 heterocycles. The summed E-state index contributed by atoms with van der Waals surface area (Å²) >= 11 is 11.9. The fourth-order valence-corrected chi connectivity index (χ4v) is 4.38. The molecule has 1 aliphatic heterocycles. The molecule has 2 aromatic carbocycles. The number of unbranched alkanes of at least 4 members (excludes halogenated alkanes) is 2. The van der Waals surface area contributed by atoms with Gasteiger partial charge in [0.1, 0.15) is 0 Å². The van der Waals surface area contributed by atoms with E-state index in [0.29, 0.717) is 21.9 Å². The van der Waals surface area contributed by atoms with Crippen molar-refractivity contribution in [2.75, 3.05) is 6.54 Å². The van der Waals surface area contributed by atoms with Gasteiger partial charge in [-0.1, -0.05) is 78.5 Å². The lowest BCUT2D eigenvalue weighted by atomic mass is 9.94. The van der Waals surface area contributed by atoms with E-state index in [-0.39, 0.29) is 6.04 Å². The molecule has 0 saturated carbocycles. The predicted octanol–water partition coefficient (Wildman–Crippen LogP) is 6.55. The van der Waals surface area contributed by atoms with Crippen LogP contribution in [0.25, 0.3) is 17.0 Å². The third kappa shape index (κ3) is 4.71. The van der Waals surface area contributed by atoms with Crippen LogP contribution in [0.5, 0.6) is 0 Å². The van der Waals surface area contributed by atoms with Crippen molar-refractivity contribution in [1.82, 2.24) is 20.4 Å². The van der Waals surface area contributed by atoms with Crippen molar-refractivity contribution < 1.29 is 4.52 Å². The Morgan fingerprint density at radius 2 is 1.78 bits per heavy atom. The van der Waals surface area contributed by atoms with Gasteiger partial charge in [0.25, 0.3) is 5.89 Å². The largest absolute Gasteiger partial charge is 0.351 e. The van der Waals surface area contributed by atoms with Crippen LogP contribution in [0, 0.1) is 6.92 Å². The topological polar surface area (TPSA) is 54.2 Å². The standard InChI is InChI=1S/C25H27ClN4OS/c1-4-5-6-15-30-17(3)21(22(27-25(30)32)18-11-13-20(26)14-12-18)24-28-23(29-31-24)19-9-7-16(2)8-10-19/h7-14,22H,4-6,15H2,1-3H3,(H,27,32). The molecule has 0 bridgehead atoms. The van der Waals surface area contributed by atoms with Crippen molar-refractivity contribution in [3.63, 3.8) is 0 Å². The third-order valence-corrected chi connectivity index (χ3v) is 6.34. The molecule has 7 heteroatoms. The van der Waals surface area contributed by atoms with E-state index in [1.807, 2.05) is 48.5 Å². The zero-order valence-corrected chi connectivity index (χ0v) is 20.1. The summed E-state index contributed by atoms with van der Waals surface area (Å²) in [5, 5.41) is 9.16. The molecule has 32 heavy (non-hydrogen) atoms. The fourth-order valence-electron chi connectivity index (χ4n) is 3.91. The molecular formula is C25H27ClN4OS. The van der Waals surface area contributed by atoms with Crippen LogP contribution >= 0.6 is 23.8 Å². The maximum absolute atomic E-state index is 6.13. The highest BCUT2D eigenvalue weighted by molar-refractivity contribution is 7.80. The second-order valence-electron chi connectivity index (χ2n) is 8.08. The van der Waals surface area contributed by atoms with Crippen LogP contribution in [0.3, 0.4) is 0 Å². The van der Waals surface area contributed by atoms with Gasteiger partial charge in [-0.15, -0.1) is 0 Å². The normalized spacial score (nSPS) is 16.4. The highest BCUT2D eigenvalue weighted by atomic mass is 35.5. The Hall–Kier alpha value is -2.70. The number of rotatable bonds is 7. The molecule has 0 fully saturated rings. The van der Waals surface area contributed by atoms with Crippen LogP contribution in [-0.2, 0) is 0 Å². The second kappa shape index (κ2) is 9.84. The summed E-state index contributed by atoms with van der Waals surface area (Å²) in [4.78, 5) is 6.90. The second-order valence-corrected chi connectivity index (χ2v) is 8.90. The van der Waals surface area contributed by atoms with Gasteiger partial charge < -0.3 is 14.7 Å². The van der Waals surface area contributed by atoms with E-state index >= 15 is 0 Å². The smallest absolute Gasteiger partial charge is 0.258 e. The van der Waals surface area contributed by atoms with Crippen LogP contribution in [0.15, 0.2) is 58.8 Å². The number of aryl methyl sites for hydroxylation is 1. The van der Waals surface area contributed by atoms with Crippen LogP contribution in [0.1, 0.15) is 56.2 Å². The Labute approximate surface area is 199 Å². The van der Waals surface area contributed by atoms with Gasteiger partial charge in [0.15, 0.2) is 5.11 Å². The number of aromatic nitrogens is 2. The summed E-state index contributed by atoms with van der Waals surface area (Å²) in [6.07, 6.45) is 3.37. The quantitative estimate of drug-likeness (QED) is 0.314. The summed E-state index contributed by atoms with van der Waals surface area (Å²) in [7, 11) is 0. The Bertz CT molecular complexity index is 1120. The number of nitrogens with zero attached hydrogens (tertiary/aromatic N) is 3. The number of nitrogens with one attached hydrogen (secondary N) is 1. The van der Waals surface area contributed by atoms with E-state index in [4.69, 9.17) is 33.3 Å². The molecule has 5 nitrogen and oxygen atoms in total. The minimum absolute atomic E-state index is 0.200. The van der Waals surface area contributed by atoms with Crippen molar-refractivity contribution in [2.24, 2.45) is 0 Å². The molecule has 0 saturated heterocycles. The maximum atomic E-state index is 6.13. The van der Waals surface area contributed by atoms with Crippen molar-refractivity contribution in [3.05, 3.63) is 76.3 Å². The van der Waals surface area contributed by atoms with E-state index in [2.05, 4.69) is 36.1 Å². The molecule has 0 radical (unpaired) electrons. The highest BCUT2D eigenvalue weighted by Gasteiger charge is 2.33. The summed E-state index contributed by atoms with van der Waals surface area (Å²) in [5.74, 6) is 1.06. The van der Waals surface area contributed by atoms with Gasteiger partial charge in [-0.05, 0) is 50.2 Å². The minimum Gasteiger partial charge on any atom is -0.351 e. The predicted molar refractivity (Wildman–Crippen MR) is 133 cm³/mol. The SMILES string of the molecule is CCCCCN1C(=S)NC(c2ccc(Cl)cc2)C(c2nc(-c3ccc(C)cc3)no2)=C1C. The van der Waals surface area contributed by atoms with Gasteiger partial charge in [-0.3, -0.25) is 0 Å². The van der Waals surface area contributed by atoms with Gasteiger partial charge in [-0.25, -0.2) is 0 Å². The summed E-state index contributed by atoms with van der Waals surface area (Å²) < 4.78 is 5.79. The molecule has 1 aromatic heterocycles. The van der Waals surface area contributed by atoms with Gasteiger partial charge >= 0.3 is 0 Å². The van der Waals surface area contributed by atoms with E-state index in [1.165, 1.54) is 5.56 Å². The van der Waals surface area contributed by atoms with E-state index in [9.17, 15) is 0 Å². The molecular weight excluding hydrogens is 440 g/mol. The van der Waals surface area contributed by atoms with Crippen molar-refractivity contribution >= 4 is 34.5 Å². The molecule has 0 aliphatic carbocycles. The first kappa shape index (κ1) is 22.5. The van der Waals surface area contributed by atoms with E-state index in [0.717, 1.165) is 48.2 Å². The molecule has 1 aliphatic rings.